The highest BCUT2D eigenvalue weighted by Crippen LogP contribution is 2.45. The Kier molecular flexibility index (Phi) is 5.14. The first-order valence-corrected chi connectivity index (χ1v) is 10.9. The van der Waals surface area contributed by atoms with Gasteiger partial charge in [-0.2, -0.15) is 5.10 Å². The van der Waals surface area contributed by atoms with Gasteiger partial charge in [-0.25, -0.2) is 4.79 Å². The summed E-state index contributed by atoms with van der Waals surface area (Å²) >= 11 is 3.47. The number of esters is 1. The van der Waals surface area contributed by atoms with Crippen LogP contribution in [0.5, 0.6) is 0 Å². The quantitative estimate of drug-likeness (QED) is 0.379. The zero-order chi connectivity index (χ0) is 22.2. The average Bonchev–Trinajstić information content (AvgIpc) is 3.53. The van der Waals surface area contributed by atoms with Crippen molar-refractivity contribution in [2.45, 2.75) is 13.0 Å². The number of nitrogens with one attached hydrogen (secondary N) is 1. The molecular formula is C24H18BrN3O4. The number of halogens is 1. The van der Waals surface area contributed by atoms with Crippen molar-refractivity contribution in [1.29, 1.82) is 0 Å². The third kappa shape index (κ3) is 3.33. The van der Waals surface area contributed by atoms with Crippen LogP contribution < -0.4 is 4.90 Å². The van der Waals surface area contributed by atoms with Crippen molar-refractivity contribution in [3.05, 3.63) is 93.8 Å². The first-order chi connectivity index (χ1) is 15.6. The predicted octanol–water partition coefficient (Wildman–Crippen LogP) is 5.36. The molecular weight excluding hydrogens is 474 g/mol. The number of benzene rings is 2. The first-order valence-electron chi connectivity index (χ1n) is 10.1. The fourth-order valence-corrected chi connectivity index (χ4v) is 4.21. The van der Waals surface area contributed by atoms with Crippen LogP contribution in [0, 0.1) is 0 Å². The lowest BCUT2D eigenvalue weighted by molar-refractivity contribution is 0.0526. The van der Waals surface area contributed by atoms with E-state index in [1.807, 2.05) is 30.3 Å². The van der Waals surface area contributed by atoms with Gasteiger partial charge in [0.05, 0.1) is 24.5 Å². The van der Waals surface area contributed by atoms with Gasteiger partial charge in [-0.05, 0) is 61.0 Å². The molecule has 1 amide bonds. The molecule has 3 heterocycles. The maximum Gasteiger partial charge on any atom is 0.338 e. The minimum absolute atomic E-state index is 0.231. The SMILES string of the molecule is CCOC(=O)c1ccc(N2C(=O)c3n[nH]c(-c4ccco4)c3C2c2ccc(Br)cc2)cc1. The average molecular weight is 492 g/mol. The van der Waals surface area contributed by atoms with Gasteiger partial charge in [0.15, 0.2) is 11.5 Å². The molecule has 2 aromatic carbocycles. The van der Waals surface area contributed by atoms with Crippen LogP contribution in [0.2, 0.25) is 0 Å². The first kappa shape index (κ1) is 20.3. The number of carbonyl (C=O) groups is 2. The van der Waals surface area contributed by atoms with Crippen molar-refractivity contribution in [2.24, 2.45) is 0 Å². The molecule has 0 aliphatic carbocycles. The number of furan rings is 1. The molecule has 0 saturated heterocycles. The lowest BCUT2D eigenvalue weighted by atomic mass is 9.97. The Morgan fingerprint density at radius 2 is 1.91 bits per heavy atom. The second-order valence-corrected chi connectivity index (χ2v) is 8.15. The number of aromatic amines is 1. The largest absolute Gasteiger partial charge is 0.463 e. The van der Waals surface area contributed by atoms with E-state index >= 15 is 0 Å². The Balaban J connectivity index is 1.62. The van der Waals surface area contributed by atoms with Crippen LogP contribution in [0.15, 0.2) is 75.8 Å². The van der Waals surface area contributed by atoms with Gasteiger partial charge in [0, 0.05) is 15.7 Å². The molecule has 1 atom stereocenters. The molecule has 0 spiro atoms. The molecule has 0 fully saturated rings. The highest BCUT2D eigenvalue weighted by atomic mass is 79.9. The van der Waals surface area contributed by atoms with Gasteiger partial charge in [-0.15, -0.1) is 0 Å². The summed E-state index contributed by atoms with van der Waals surface area (Å²) in [6.07, 6.45) is 1.58. The third-order valence-corrected chi connectivity index (χ3v) is 5.90. The third-order valence-electron chi connectivity index (χ3n) is 5.37. The van der Waals surface area contributed by atoms with Crippen molar-refractivity contribution >= 4 is 33.5 Å². The van der Waals surface area contributed by atoms with E-state index in [2.05, 4.69) is 26.1 Å². The normalized spacial score (nSPS) is 15.1. The number of amides is 1. The number of carbonyl (C=O) groups excluding carboxylic acids is 2. The van der Waals surface area contributed by atoms with E-state index in [0.29, 0.717) is 35.0 Å². The second kappa shape index (κ2) is 8.12. The summed E-state index contributed by atoms with van der Waals surface area (Å²) in [4.78, 5) is 27.2. The second-order valence-electron chi connectivity index (χ2n) is 7.23. The van der Waals surface area contributed by atoms with Gasteiger partial charge in [0.25, 0.3) is 5.91 Å². The molecule has 1 aliphatic rings. The number of ether oxygens (including phenoxy) is 1. The van der Waals surface area contributed by atoms with Crippen molar-refractivity contribution < 1.29 is 18.7 Å². The molecule has 1 aliphatic heterocycles. The van der Waals surface area contributed by atoms with E-state index in [0.717, 1.165) is 15.6 Å². The fraction of sp³-hybridized carbons (Fsp3) is 0.125. The van der Waals surface area contributed by atoms with Crippen LogP contribution in [0.3, 0.4) is 0 Å². The molecule has 8 heteroatoms. The van der Waals surface area contributed by atoms with Gasteiger partial charge in [0.1, 0.15) is 5.69 Å². The topological polar surface area (TPSA) is 88.4 Å². The van der Waals surface area contributed by atoms with Crippen LogP contribution in [0.1, 0.15) is 44.9 Å². The number of hydrogen-bond acceptors (Lipinski definition) is 5. The van der Waals surface area contributed by atoms with Gasteiger partial charge in [-0.3, -0.25) is 14.8 Å². The van der Waals surface area contributed by atoms with Crippen LogP contribution in [0.25, 0.3) is 11.5 Å². The highest BCUT2D eigenvalue weighted by molar-refractivity contribution is 9.10. The molecule has 0 saturated carbocycles. The van der Waals surface area contributed by atoms with Crippen LogP contribution in [-0.2, 0) is 4.74 Å². The minimum atomic E-state index is -0.419. The number of rotatable bonds is 5. The molecule has 7 nitrogen and oxygen atoms in total. The Hall–Kier alpha value is -3.65. The van der Waals surface area contributed by atoms with E-state index in [1.165, 1.54) is 0 Å². The van der Waals surface area contributed by atoms with E-state index in [1.54, 1.807) is 48.4 Å². The van der Waals surface area contributed by atoms with Gasteiger partial charge in [0.2, 0.25) is 0 Å². The molecule has 0 bridgehead atoms. The Labute approximate surface area is 192 Å². The summed E-state index contributed by atoms with van der Waals surface area (Å²) in [5, 5.41) is 7.28. The summed E-state index contributed by atoms with van der Waals surface area (Å²) in [5.74, 6) is -0.0245. The van der Waals surface area contributed by atoms with E-state index < -0.39 is 12.0 Å². The van der Waals surface area contributed by atoms with Crippen molar-refractivity contribution in [1.82, 2.24) is 10.2 Å². The standard InChI is InChI=1S/C24H18BrN3O4/c1-2-31-24(30)15-7-11-17(12-8-15)28-22(14-5-9-16(25)10-6-14)19-20(18-4-3-13-32-18)26-27-21(19)23(28)29/h3-13,22H,2H2,1H3,(H,26,27). The summed E-state index contributed by atoms with van der Waals surface area (Å²) < 4.78 is 11.6. The number of fused-ring (bicyclic) bond motifs is 1. The maximum absolute atomic E-state index is 13.5. The number of aromatic nitrogens is 2. The van der Waals surface area contributed by atoms with Crippen molar-refractivity contribution in [3.8, 4) is 11.5 Å². The number of hydrogen-bond donors (Lipinski definition) is 1. The summed E-state index contributed by atoms with van der Waals surface area (Å²) in [6, 6.07) is 17.8. The van der Waals surface area contributed by atoms with Gasteiger partial charge in [-0.1, -0.05) is 28.1 Å². The molecule has 160 valence electrons. The van der Waals surface area contributed by atoms with Crippen LogP contribution in [-0.4, -0.2) is 28.7 Å². The summed E-state index contributed by atoms with van der Waals surface area (Å²) in [6.45, 7) is 2.06. The van der Waals surface area contributed by atoms with E-state index in [-0.39, 0.29) is 5.91 Å². The molecule has 4 aromatic rings. The Morgan fingerprint density at radius 1 is 1.16 bits per heavy atom. The number of nitrogens with zero attached hydrogens (tertiary/aromatic N) is 2. The zero-order valence-electron chi connectivity index (χ0n) is 17.0. The van der Waals surface area contributed by atoms with Gasteiger partial charge < -0.3 is 9.15 Å². The maximum atomic E-state index is 13.5. The molecule has 5 rings (SSSR count). The predicted molar refractivity (Wildman–Crippen MR) is 121 cm³/mol. The smallest absolute Gasteiger partial charge is 0.338 e. The Bertz CT molecular complexity index is 1280. The molecule has 32 heavy (non-hydrogen) atoms. The lowest BCUT2D eigenvalue weighted by Gasteiger charge is -2.26. The van der Waals surface area contributed by atoms with Crippen molar-refractivity contribution in [3.63, 3.8) is 0 Å². The van der Waals surface area contributed by atoms with Crippen LogP contribution in [0.4, 0.5) is 5.69 Å². The van der Waals surface area contributed by atoms with E-state index in [4.69, 9.17) is 9.15 Å². The number of H-pyrrole nitrogens is 1. The molecule has 1 N–H and O–H groups in total. The van der Waals surface area contributed by atoms with E-state index in [9.17, 15) is 9.59 Å². The molecule has 2 aromatic heterocycles. The lowest BCUT2D eigenvalue weighted by Crippen LogP contribution is -2.29. The highest BCUT2D eigenvalue weighted by Gasteiger charge is 2.43. The summed E-state index contributed by atoms with van der Waals surface area (Å²) in [5.41, 5.74) is 3.76. The fourth-order valence-electron chi connectivity index (χ4n) is 3.95. The van der Waals surface area contributed by atoms with Crippen LogP contribution >= 0.6 is 15.9 Å². The monoisotopic (exact) mass is 491 g/mol. The van der Waals surface area contributed by atoms with Gasteiger partial charge >= 0.3 is 5.97 Å². The zero-order valence-corrected chi connectivity index (χ0v) is 18.6. The Morgan fingerprint density at radius 3 is 2.56 bits per heavy atom. The number of anilines is 1. The summed E-state index contributed by atoms with van der Waals surface area (Å²) in [7, 11) is 0. The molecule has 1 unspecified atom stereocenters. The van der Waals surface area contributed by atoms with Crippen molar-refractivity contribution in [2.75, 3.05) is 11.5 Å². The molecule has 0 radical (unpaired) electrons. The minimum Gasteiger partial charge on any atom is -0.463 e.